The van der Waals surface area contributed by atoms with E-state index in [4.69, 9.17) is 5.11 Å². The van der Waals surface area contributed by atoms with Crippen LogP contribution in [0.15, 0.2) is 48.5 Å². The van der Waals surface area contributed by atoms with Crippen molar-refractivity contribution >= 4 is 0 Å². The maximum atomic E-state index is 9.20. The number of phenols is 1. The molecule has 2 nitrogen and oxygen atoms in total. The Morgan fingerprint density at radius 2 is 1.04 bits per heavy atom. The fraction of sp³-hybridized carbons (Fsp3) is 0.364. The summed E-state index contributed by atoms with van der Waals surface area (Å²) in [6.45, 7) is 13.7. The van der Waals surface area contributed by atoms with Gasteiger partial charge in [0.25, 0.3) is 0 Å². The second-order valence-corrected chi connectivity index (χ2v) is 4.32. The number of phenolic OH excluding ortho intramolecular Hbond substituents is 1. The summed E-state index contributed by atoms with van der Waals surface area (Å²) in [6, 6.07) is 15.1. The first-order chi connectivity index (χ1) is 10.5. The summed E-state index contributed by atoms with van der Waals surface area (Å²) in [5.41, 5.74) is 3.09. The Balaban J connectivity index is -0.0000000576. The summed E-state index contributed by atoms with van der Waals surface area (Å²) in [7, 11) is 0. The first kappa shape index (κ1) is 40.9. The molecule has 0 aliphatic carbocycles. The average molecular weight is 512 g/mol. The first-order valence-electron chi connectivity index (χ1n) is 8.00. The molecule has 0 aromatic heterocycles. The molecule has 146 valence electrons. The molecule has 0 saturated heterocycles. The third kappa shape index (κ3) is 19.2. The molecule has 2 rings (SSSR count). The summed E-state index contributed by atoms with van der Waals surface area (Å²) < 4.78 is 0. The summed E-state index contributed by atoms with van der Waals surface area (Å²) in [5.74, 6) is 0.368. The Morgan fingerprint density at radius 1 is 0.692 bits per heavy atom. The van der Waals surface area contributed by atoms with Gasteiger partial charge in [0.1, 0.15) is 5.75 Å². The van der Waals surface area contributed by atoms with E-state index in [-0.39, 0.29) is 86.4 Å². The molecule has 0 saturated carbocycles. The van der Waals surface area contributed by atoms with Gasteiger partial charge in [0.15, 0.2) is 0 Å². The molecular formula is C22H38O2Y2-2. The molecule has 4 heteroatoms. The molecule has 2 aromatic rings. The largest absolute Gasteiger partial charge is 0.508 e. The van der Waals surface area contributed by atoms with Crippen molar-refractivity contribution in [2.45, 2.75) is 54.6 Å². The Labute approximate surface area is 214 Å². The van der Waals surface area contributed by atoms with Crippen LogP contribution in [0.25, 0.3) is 0 Å². The minimum Gasteiger partial charge on any atom is -0.508 e. The summed E-state index contributed by atoms with van der Waals surface area (Å²) in [5, 5.41) is 18.1. The monoisotopic (exact) mass is 512 g/mol. The van der Waals surface area contributed by atoms with Crippen LogP contribution < -0.4 is 0 Å². The Morgan fingerprint density at radius 3 is 1.27 bits per heavy atom. The van der Waals surface area contributed by atoms with Gasteiger partial charge in [0, 0.05) is 65.4 Å². The van der Waals surface area contributed by atoms with Gasteiger partial charge in [0.2, 0.25) is 0 Å². The minimum atomic E-state index is -0.346. The molecule has 0 aliphatic heterocycles. The van der Waals surface area contributed by atoms with Gasteiger partial charge >= 0.3 is 0 Å². The van der Waals surface area contributed by atoms with Crippen LogP contribution in [-0.2, 0) is 65.4 Å². The maximum absolute atomic E-state index is 9.20. The van der Waals surface area contributed by atoms with Crippen LogP contribution in [0.3, 0.4) is 0 Å². The Kier molecular flexibility index (Phi) is 43.5. The number of benzene rings is 2. The van der Waals surface area contributed by atoms with E-state index in [1.165, 1.54) is 0 Å². The smallest absolute Gasteiger partial charge is 0.118 e. The van der Waals surface area contributed by atoms with E-state index in [2.05, 4.69) is 0 Å². The average Bonchev–Trinajstić information content (AvgIpc) is 2.55. The molecular weight excluding hydrogens is 474 g/mol. The second-order valence-electron chi connectivity index (χ2n) is 4.32. The topological polar surface area (TPSA) is 40.5 Å². The van der Waals surface area contributed by atoms with Gasteiger partial charge in [0.05, 0.1) is 6.10 Å². The standard InChI is InChI=1S/C9H12O.C7H8O.2C2H6.2CH3.2Y/c1-7-5-3-4-6-9(7)8(2)10;1-6-4-2-3-5-7(6)8;2*1-2;;;;/h3-6,8,10H,1-2H3;2-5,8H,1H3;2*1-2H3;2*1H3;;/q;;;;2*-1;;. The SMILES string of the molecule is CC.CC.Cc1ccccc1C(C)O.Cc1ccccc1O.[CH3-].[CH3-].[Y].[Y]. The minimum absolute atomic E-state index is 0. The van der Waals surface area contributed by atoms with Gasteiger partial charge in [-0.3, -0.25) is 0 Å². The maximum Gasteiger partial charge on any atom is 0.118 e. The molecule has 0 amide bonds. The van der Waals surface area contributed by atoms with Gasteiger partial charge in [-0.25, -0.2) is 0 Å². The zero-order valence-corrected chi connectivity index (χ0v) is 23.9. The van der Waals surface area contributed by atoms with Crippen LogP contribution in [0.2, 0.25) is 0 Å². The number of hydrogen-bond acceptors (Lipinski definition) is 2. The Hall–Kier alpha value is 0.408. The van der Waals surface area contributed by atoms with E-state index >= 15 is 0 Å². The molecule has 1 atom stereocenters. The van der Waals surface area contributed by atoms with Gasteiger partial charge in [-0.1, -0.05) is 70.2 Å². The van der Waals surface area contributed by atoms with Crippen LogP contribution in [0.5, 0.6) is 5.75 Å². The van der Waals surface area contributed by atoms with E-state index in [9.17, 15) is 5.11 Å². The third-order valence-corrected chi connectivity index (χ3v) is 2.75. The Bertz CT molecular complexity index is 480. The van der Waals surface area contributed by atoms with Crippen LogP contribution in [0.4, 0.5) is 0 Å². The van der Waals surface area contributed by atoms with Gasteiger partial charge in [-0.05, 0) is 43.5 Å². The quantitative estimate of drug-likeness (QED) is 0.418. The number of para-hydroxylation sites is 1. The van der Waals surface area contributed by atoms with E-state index in [1.54, 1.807) is 13.0 Å². The van der Waals surface area contributed by atoms with Crippen molar-refractivity contribution in [1.82, 2.24) is 0 Å². The summed E-state index contributed by atoms with van der Waals surface area (Å²) >= 11 is 0. The predicted molar refractivity (Wildman–Crippen MR) is 110 cm³/mol. The summed E-state index contributed by atoms with van der Waals surface area (Å²) in [4.78, 5) is 0. The predicted octanol–water partition coefficient (Wildman–Crippen LogP) is 6.70. The van der Waals surface area contributed by atoms with E-state index in [1.807, 2.05) is 84.0 Å². The van der Waals surface area contributed by atoms with Crippen LogP contribution in [0.1, 0.15) is 57.4 Å². The summed E-state index contributed by atoms with van der Waals surface area (Å²) in [6.07, 6.45) is -0.346. The van der Waals surface area contributed by atoms with E-state index in [0.717, 1.165) is 16.7 Å². The van der Waals surface area contributed by atoms with E-state index < -0.39 is 0 Å². The molecule has 2 radical (unpaired) electrons. The normalized spacial score (nSPS) is 8.31. The molecule has 0 fully saturated rings. The van der Waals surface area contributed by atoms with Crippen LogP contribution >= 0.6 is 0 Å². The number of aromatic hydroxyl groups is 1. The van der Waals surface area contributed by atoms with Gasteiger partial charge in [-0.2, -0.15) is 0 Å². The van der Waals surface area contributed by atoms with Crippen molar-refractivity contribution in [2.75, 3.05) is 0 Å². The number of rotatable bonds is 1. The van der Waals surface area contributed by atoms with Crippen molar-refractivity contribution in [3.05, 3.63) is 80.1 Å². The van der Waals surface area contributed by atoms with Crippen molar-refractivity contribution in [3.63, 3.8) is 0 Å². The van der Waals surface area contributed by atoms with Crippen LogP contribution in [0, 0.1) is 28.7 Å². The number of hydrogen-bond donors (Lipinski definition) is 2. The second kappa shape index (κ2) is 27.6. The molecule has 26 heavy (non-hydrogen) atoms. The number of aryl methyl sites for hydroxylation is 2. The first-order valence-corrected chi connectivity index (χ1v) is 8.00. The third-order valence-electron chi connectivity index (χ3n) is 2.75. The molecule has 0 spiro atoms. The van der Waals surface area contributed by atoms with Gasteiger partial charge < -0.3 is 25.1 Å². The fourth-order valence-electron chi connectivity index (χ4n) is 1.62. The molecule has 2 aromatic carbocycles. The van der Waals surface area contributed by atoms with E-state index in [0.29, 0.717) is 5.75 Å². The molecule has 1 unspecified atom stereocenters. The van der Waals surface area contributed by atoms with Crippen molar-refractivity contribution < 1.29 is 75.6 Å². The number of aliphatic hydroxyl groups excluding tert-OH is 1. The van der Waals surface area contributed by atoms with Crippen LogP contribution in [-0.4, -0.2) is 10.2 Å². The molecule has 0 heterocycles. The van der Waals surface area contributed by atoms with Crippen molar-refractivity contribution in [3.8, 4) is 5.75 Å². The molecule has 2 N–H and O–H groups in total. The molecule has 0 bridgehead atoms. The van der Waals surface area contributed by atoms with Gasteiger partial charge in [-0.15, -0.1) is 0 Å². The zero-order chi connectivity index (χ0) is 17.5. The molecule has 0 aliphatic rings. The fourth-order valence-corrected chi connectivity index (χ4v) is 1.62. The zero-order valence-electron chi connectivity index (χ0n) is 18.2. The number of aliphatic hydroxyl groups is 1. The van der Waals surface area contributed by atoms with Crippen molar-refractivity contribution in [2.24, 2.45) is 0 Å². The van der Waals surface area contributed by atoms with Crippen molar-refractivity contribution in [1.29, 1.82) is 0 Å².